The van der Waals surface area contributed by atoms with Gasteiger partial charge in [-0.15, -0.1) is 29.7 Å². The Bertz CT molecular complexity index is 4990. The molecule has 0 amide bonds. The fourth-order valence-corrected chi connectivity index (χ4v) is 8.80. The van der Waals surface area contributed by atoms with Crippen molar-refractivity contribution in [3.05, 3.63) is 223 Å². The van der Waals surface area contributed by atoms with Gasteiger partial charge in [-0.25, -0.2) is 4.98 Å². The number of imidazole rings is 1. The standard InChI is InChI=1S/C62H48N4O.Pt/c1-41-34-59(63-38-52(41)43-20-10-7-11-21-43)66-55-27-13-12-24-50(55)51-32-31-47(37-58(51)66)67-46-23-16-22-45(36-46)64-40-65(57-29-15-14-28-56(57)64)60-48(42-18-8-6-9-19-42)25-17-26-49(60)44-30-33-53-54(35-44)62(4,5)39-61(53,2)3;/h6-35,38H,39H2,1-5H3;/q-2;/i1D3,2D3,3D3,4D3,5D3,6D,7D,8D,9D,10D,11D,18D,19D,20D,21D,30D,33D,35D;. The van der Waals surface area contributed by atoms with Gasteiger partial charge in [0.2, 0.25) is 0 Å². The van der Waals surface area contributed by atoms with Gasteiger partial charge in [0.15, 0.2) is 0 Å². The Labute approximate surface area is 451 Å². The van der Waals surface area contributed by atoms with Gasteiger partial charge in [0.05, 0.1) is 34.5 Å². The monoisotopic (exact) mass is 1090 g/mol. The average Bonchev–Trinajstić information content (AvgIpc) is 1.48. The van der Waals surface area contributed by atoms with E-state index >= 15 is 0 Å². The number of hydrogen-bond donors (Lipinski definition) is 0. The minimum atomic E-state index is -3.81. The predicted molar refractivity (Wildman–Crippen MR) is 272 cm³/mol. The van der Waals surface area contributed by atoms with Gasteiger partial charge in [0.1, 0.15) is 5.82 Å². The first-order valence-corrected chi connectivity index (χ1v) is 20.8. The van der Waals surface area contributed by atoms with E-state index in [1.807, 2.05) is 6.07 Å². The van der Waals surface area contributed by atoms with E-state index in [1.54, 1.807) is 77.4 Å². The van der Waals surface area contributed by atoms with Gasteiger partial charge in [0, 0.05) is 70.4 Å². The van der Waals surface area contributed by atoms with Crippen LogP contribution in [0, 0.1) is 25.3 Å². The molecule has 0 aliphatic heterocycles. The number of benzene rings is 8. The molecule has 0 atom stereocenters. The quantitative estimate of drug-likeness (QED) is 0.112. The molecule has 0 bridgehead atoms. The van der Waals surface area contributed by atoms with Crippen molar-refractivity contribution in [3.63, 3.8) is 0 Å². The van der Waals surface area contributed by atoms with Crippen LogP contribution < -0.4 is 9.30 Å². The molecule has 0 radical (unpaired) electrons. The summed E-state index contributed by atoms with van der Waals surface area (Å²) in [7, 11) is 0. The smallest absolute Gasteiger partial charge is 0.268 e. The van der Waals surface area contributed by atoms with Crippen molar-refractivity contribution in [3.8, 4) is 62.1 Å². The number of aromatic nitrogens is 4. The van der Waals surface area contributed by atoms with Crippen LogP contribution in [0.3, 0.4) is 0 Å². The van der Waals surface area contributed by atoms with E-state index in [4.69, 9.17) is 36.3 Å². The van der Waals surface area contributed by atoms with Crippen LogP contribution in [0.2, 0.25) is 0 Å². The number of rotatable bonds is 8. The van der Waals surface area contributed by atoms with Crippen molar-refractivity contribution in [1.29, 1.82) is 0 Å². The summed E-state index contributed by atoms with van der Waals surface area (Å²) in [6.07, 6.45) is 2.73. The Morgan fingerprint density at radius 1 is 0.647 bits per heavy atom. The molecule has 8 aromatic carbocycles. The van der Waals surface area contributed by atoms with Crippen LogP contribution in [-0.4, -0.2) is 14.1 Å². The number of nitrogens with zero attached hydrogens (tertiary/aromatic N) is 4. The van der Waals surface area contributed by atoms with Gasteiger partial charge in [0.25, 0.3) is 6.33 Å². The molecule has 3 heterocycles. The van der Waals surface area contributed by atoms with Crippen LogP contribution in [0.4, 0.5) is 0 Å². The molecule has 68 heavy (non-hydrogen) atoms. The van der Waals surface area contributed by atoms with Gasteiger partial charge >= 0.3 is 0 Å². The van der Waals surface area contributed by atoms with Crippen LogP contribution in [0.5, 0.6) is 11.5 Å². The summed E-state index contributed by atoms with van der Waals surface area (Å²) in [5.74, 6) is 0.241. The number of fused-ring (bicyclic) bond motifs is 5. The molecule has 11 aromatic rings. The van der Waals surface area contributed by atoms with Crippen molar-refractivity contribution in [1.82, 2.24) is 14.1 Å². The third-order valence-corrected chi connectivity index (χ3v) is 11.7. The van der Waals surface area contributed by atoms with E-state index in [9.17, 15) is 6.85 Å². The summed E-state index contributed by atoms with van der Waals surface area (Å²) < 4.78 is 258. The zero-order valence-corrected chi connectivity index (χ0v) is 37.4. The Balaban J connectivity index is 0.00000936. The number of aryl methyl sites for hydroxylation is 1. The molecule has 0 spiro atoms. The van der Waals surface area contributed by atoms with E-state index < -0.39 is 152 Å². The summed E-state index contributed by atoms with van der Waals surface area (Å²) >= 11 is 0. The molecule has 0 unspecified atom stereocenters. The molecule has 1 aliphatic carbocycles. The van der Waals surface area contributed by atoms with E-state index in [-0.39, 0.29) is 83.1 Å². The Kier molecular flexibility index (Phi) is 5.47. The first-order chi connectivity index (χ1) is 44.2. The van der Waals surface area contributed by atoms with Crippen LogP contribution in [0.1, 0.15) is 88.9 Å². The first-order valence-electron chi connectivity index (χ1n) is 34.8. The second kappa shape index (κ2) is 16.8. The molecule has 1 aliphatic rings. The fraction of sp³-hybridized carbons (Fsp3) is 0.129. The van der Waals surface area contributed by atoms with E-state index in [0.29, 0.717) is 27.3 Å². The van der Waals surface area contributed by atoms with Gasteiger partial charge in [-0.1, -0.05) is 172 Å². The third kappa shape index (κ3) is 7.28. The van der Waals surface area contributed by atoms with Crippen molar-refractivity contribution in [2.24, 2.45) is 0 Å². The Hall–Kier alpha value is -7.33. The summed E-state index contributed by atoms with van der Waals surface area (Å²) in [5, 5.41) is 1.32. The molecule has 5 nitrogen and oxygen atoms in total. The summed E-state index contributed by atoms with van der Waals surface area (Å²) in [5.41, 5.74) is -10.4. The van der Waals surface area contributed by atoms with E-state index in [2.05, 4.69) is 23.4 Å². The minimum Gasteiger partial charge on any atom is -0.510 e. The third-order valence-electron chi connectivity index (χ3n) is 11.7. The number of pyridine rings is 1. The normalized spacial score (nSPS) is 20.6. The van der Waals surface area contributed by atoms with Crippen molar-refractivity contribution >= 4 is 32.8 Å². The number of hydrogen-bond acceptors (Lipinski definition) is 2. The maximum Gasteiger partial charge on any atom is 0.268 e. The van der Waals surface area contributed by atoms with Crippen LogP contribution in [-0.2, 0) is 31.9 Å². The average molecular weight is 1090 g/mol. The van der Waals surface area contributed by atoms with Gasteiger partial charge in [-0.05, 0) is 91.8 Å². The molecule has 0 saturated heterocycles. The zero-order valence-electron chi connectivity index (χ0n) is 63.1. The van der Waals surface area contributed by atoms with Gasteiger partial charge < -0.3 is 13.9 Å². The number of ether oxygens (including phenoxy) is 1. The number of para-hydroxylation sites is 4. The SMILES string of the molecule is [2H]c1c([2H])c([2H])c(-c2cnc(-n3c4[c-]c(Oc5[c-]c(-n6[c-][n+](-c7c(-c8c([2H])c([2H])c([2H])c([2H])c8[2H])cccc7-c7c([2H])c([2H])c8c(c7[2H])C(C([2H])([2H])[2H])(C([2H])([2H])[2H])CC8(C([2H])([2H])[2H])C([2H])([2H])[2H])c7ccccc76)ccc5)ccc4c4ccccc43)cc2C([2H])([2H])[2H])c([2H])c1[2H].[Pt]. The summed E-state index contributed by atoms with van der Waals surface area (Å²) in [6.45, 7) is -18.1. The Morgan fingerprint density at radius 3 is 2.12 bits per heavy atom. The molecule has 334 valence electrons. The molecule has 0 fully saturated rings. The molecule has 12 rings (SSSR count). The maximum atomic E-state index is 10.0. The first kappa shape index (κ1) is 22.2. The van der Waals surface area contributed by atoms with Crippen LogP contribution in [0.25, 0.3) is 83.4 Å². The molecular formula is C62H48N4OPt-2. The van der Waals surface area contributed by atoms with E-state index in [0.717, 1.165) is 6.20 Å². The molecule has 0 N–H and O–H groups in total. The molecular weight excluding hydrogens is 1010 g/mol. The van der Waals surface area contributed by atoms with Gasteiger partial charge in [-0.2, -0.15) is 18.2 Å². The minimum absolute atomic E-state index is 0. The second-order valence-electron chi connectivity index (χ2n) is 16.0. The predicted octanol–water partition coefficient (Wildman–Crippen LogP) is 14.9. The second-order valence-corrected chi connectivity index (χ2v) is 16.0. The summed E-state index contributed by atoms with van der Waals surface area (Å²) in [6, 6.07) is 23.1. The van der Waals surface area contributed by atoms with Crippen molar-refractivity contribution in [2.75, 3.05) is 0 Å². The maximum absolute atomic E-state index is 10.0. The molecule has 6 heteroatoms. The topological polar surface area (TPSA) is 35.9 Å². The van der Waals surface area contributed by atoms with Crippen LogP contribution in [0.15, 0.2) is 188 Å². The summed E-state index contributed by atoms with van der Waals surface area (Å²) in [4.78, 5) is 4.63. The Morgan fingerprint density at radius 2 is 1.34 bits per heavy atom. The zero-order chi connectivity index (χ0) is 69.3. The molecule has 3 aromatic heterocycles. The van der Waals surface area contributed by atoms with Crippen molar-refractivity contribution < 1.29 is 68.8 Å². The van der Waals surface area contributed by atoms with E-state index in [1.165, 1.54) is 33.4 Å². The largest absolute Gasteiger partial charge is 0.510 e. The fourth-order valence-electron chi connectivity index (χ4n) is 8.80. The van der Waals surface area contributed by atoms with Crippen LogP contribution >= 0.6 is 0 Å². The molecule has 0 saturated carbocycles. The van der Waals surface area contributed by atoms with Crippen molar-refractivity contribution in [2.45, 2.75) is 51.5 Å². The van der Waals surface area contributed by atoms with Gasteiger partial charge in [-0.3, -0.25) is 4.57 Å².